The molecule has 0 saturated heterocycles. The van der Waals surface area contributed by atoms with Gasteiger partial charge in [-0.1, -0.05) is 66.3 Å². The van der Waals surface area contributed by atoms with Gasteiger partial charge in [-0.05, 0) is 37.5 Å². The van der Waals surface area contributed by atoms with E-state index in [2.05, 4.69) is 17.1 Å². The van der Waals surface area contributed by atoms with Crippen molar-refractivity contribution in [2.75, 3.05) is 0 Å². The fourth-order valence-electron chi connectivity index (χ4n) is 2.92. The highest BCUT2D eigenvalue weighted by molar-refractivity contribution is 7.81. The molecule has 1 unspecified atom stereocenters. The van der Waals surface area contributed by atoms with Crippen LogP contribution in [0.5, 0.6) is 5.75 Å². The van der Waals surface area contributed by atoms with Gasteiger partial charge in [0.1, 0.15) is 5.75 Å². The Hall–Kier alpha value is -1.97. The molecular weight excluding hydrogens is 338 g/mol. The summed E-state index contributed by atoms with van der Waals surface area (Å²) in [6.07, 6.45) is 1.68. The molecule has 1 aliphatic rings. The number of aryl methyl sites for hydroxylation is 1. The molecule has 3 rings (SSSR count). The van der Waals surface area contributed by atoms with Gasteiger partial charge in [0.25, 0.3) is 0 Å². The van der Waals surface area contributed by atoms with Crippen molar-refractivity contribution in [2.24, 2.45) is 10.9 Å². The van der Waals surface area contributed by atoms with E-state index in [0.717, 1.165) is 24.1 Å². The number of para-hydroxylation sites is 1. The Morgan fingerprint density at radius 3 is 2.46 bits per heavy atom. The van der Waals surface area contributed by atoms with Crippen LogP contribution in [0, 0.1) is 5.92 Å². The standard InChI is InChI=1S/C20H18ClNOS/c1-13-18(21)20(24)16(12-11-14-7-3-2-4-8-14)19(22-13)15-9-5-6-10-17(15)23/h2-10,16,23H,11-12H2,1H3. The second kappa shape index (κ2) is 7.29. The van der Waals surface area contributed by atoms with Gasteiger partial charge in [-0.15, -0.1) is 0 Å². The maximum atomic E-state index is 10.2. The Morgan fingerprint density at radius 1 is 1.08 bits per heavy atom. The van der Waals surface area contributed by atoms with E-state index in [1.807, 2.05) is 37.3 Å². The normalized spacial score (nSPS) is 17.8. The van der Waals surface area contributed by atoms with Crippen molar-refractivity contribution in [3.05, 3.63) is 76.5 Å². The molecule has 2 nitrogen and oxygen atoms in total. The second-order valence-electron chi connectivity index (χ2n) is 5.85. The van der Waals surface area contributed by atoms with Gasteiger partial charge in [0, 0.05) is 16.3 Å². The number of phenolic OH excluding ortho intramolecular Hbond substituents is 1. The summed E-state index contributed by atoms with van der Waals surface area (Å²) in [5.74, 6) is 0.138. The largest absolute Gasteiger partial charge is 0.507 e. The number of allylic oxidation sites excluding steroid dienone is 2. The lowest BCUT2D eigenvalue weighted by Crippen LogP contribution is -2.28. The summed E-state index contributed by atoms with van der Waals surface area (Å²) < 4.78 is 0. The summed E-state index contributed by atoms with van der Waals surface area (Å²) in [7, 11) is 0. The first-order valence-corrected chi connectivity index (χ1v) is 8.68. The van der Waals surface area contributed by atoms with Gasteiger partial charge in [0.05, 0.1) is 16.4 Å². The molecule has 122 valence electrons. The van der Waals surface area contributed by atoms with Gasteiger partial charge < -0.3 is 5.11 Å². The topological polar surface area (TPSA) is 32.6 Å². The number of phenols is 1. The summed E-state index contributed by atoms with van der Waals surface area (Å²) in [6, 6.07) is 17.5. The second-order valence-corrected chi connectivity index (χ2v) is 6.67. The van der Waals surface area contributed by atoms with Gasteiger partial charge in [-0.2, -0.15) is 0 Å². The molecule has 0 amide bonds. The molecule has 0 radical (unpaired) electrons. The van der Waals surface area contributed by atoms with Crippen LogP contribution in [0.1, 0.15) is 24.5 Å². The Kier molecular flexibility index (Phi) is 5.12. The van der Waals surface area contributed by atoms with Crippen molar-refractivity contribution in [2.45, 2.75) is 19.8 Å². The SMILES string of the molecule is CC1=C(Cl)C(=S)C(CCc2ccccc2)C(c2ccccc2O)=N1. The molecule has 4 heteroatoms. The molecular formula is C20H18ClNOS. The van der Waals surface area contributed by atoms with Crippen LogP contribution in [0.4, 0.5) is 0 Å². The minimum Gasteiger partial charge on any atom is -0.507 e. The molecule has 0 saturated carbocycles. The van der Waals surface area contributed by atoms with Crippen LogP contribution in [-0.4, -0.2) is 15.7 Å². The molecule has 0 aromatic heterocycles. The minimum atomic E-state index is -0.0790. The Bertz CT molecular complexity index is 827. The summed E-state index contributed by atoms with van der Waals surface area (Å²) in [5, 5.41) is 10.8. The zero-order valence-electron chi connectivity index (χ0n) is 13.4. The summed E-state index contributed by atoms with van der Waals surface area (Å²) >= 11 is 12.0. The molecule has 1 aliphatic heterocycles. The molecule has 0 fully saturated rings. The van der Waals surface area contributed by atoms with Crippen LogP contribution in [0.15, 0.2) is 70.3 Å². The van der Waals surface area contributed by atoms with Gasteiger partial charge in [-0.25, -0.2) is 0 Å². The number of nitrogens with zero attached hydrogens (tertiary/aromatic N) is 1. The average Bonchev–Trinajstić information content (AvgIpc) is 2.60. The van der Waals surface area contributed by atoms with Gasteiger partial charge in [0.2, 0.25) is 0 Å². The molecule has 2 aromatic carbocycles. The third-order valence-corrected chi connectivity index (χ3v) is 5.29. The maximum Gasteiger partial charge on any atom is 0.124 e. The van der Waals surface area contributed by atoms with E-state index >= 15 is 0 Å². The number of benzene rings is 2. The van der Waals surface area contributed by atoms with Gasteiger partial charge >= 0.3 is 0 Å². The van der Waals surface area contributed by atoms with E-state index in [9.17, 15) is 5.11 Å². The van der Waals surface area contributed by atoms with Crippen molar-refractivity contribution in [1.82, 2.24) is 0 Å². The molecule has 0 bridgehead atoms. The maximum absolute atomic E-state index is 10.2. The van der Waals surface area contributed by atoms with Crippen molar-refractivity contribution in [3.63, 3.8) is 0 Å². The first-order chi connectivity index (χ1) is 11.6. The first kappa shape index (κ1) is 16.9. The molecule has 1 atom stereocenters. The Labute approximate surface area is 152 Å². The zero-order valence-corrected chi connectivity index (χ0v) is 14.9. The number of aromatic hydroxyl groups is 1. The first-order valence-electron chi connectivity index (χ1n) is 7.89. The van der Waals surface area contributed by atoms with Gasteiger partial charge in [-0.3, -0.25) is 4.99 Å². The third kappa shape index (κ3) is 3.42. The number of halogens is 1. The average molecular weight is 356 g/mol. The number of hydrogen-bond acceptors (Lipinski definition) is 3. The molecule has 0 spiro atoms. The lowest BCUT2D eigenvalue weighted by Gasteiger charge is -2.25. The summed E-state index contributed by atoms with van der Waals surface area (Å²) in [5.41, 5.74) is 3.48. The van der Waals surface area contributed by atoms with E-state index in [1.165, 1.54) is 5.56 Å². The Balaban J connectivity index is 1.94. The van der Waals surface area contributed by atoms with E-state index in [0.29, 0.717) is 15.6 Å². The number of aliphatic imine (C=N–C) groups is 1. The number of thiocarbonyl (C=S) groups is 1. The molecule has 0 aliphatic carbocycles. The summed E-state index contributed by atoms with van der Waals surface area (Å²) in [6.45, 7) is 1.85. The van der Waals surface area contributed by atoms with Crippen LogP contribution < -0.4 is 0 Å². The molecule has 1 N–H and O–H groups in total. The monoisotopic (exact) mass is 355 g/mol. The van der Waals surface area contributed by atoms with Crippen LogP contribution in [0.2, 0.25) is 0 Å². The van der Waals surface area contributed by atoms with E-state index in [4.69, 9.17) is 23.8 Å². The lowest BCUT2D eigenvalue weighted by atomic mass is 9.85. The van der Waals surface area contributed by atoms with Crippen molar-refractivity contribution >= 4 is 34.4 Å². The van der Waals surface area contributed by atoms with Crippen molar-refractivity contribution in [1.29, 1.82) is 0 Å². The smallest absolute Gasteiger partial charge is 0.124 e. The molecule has 24 heavy (non-hydrogen) atoms. The number of rotatable bonds is 4. The highest BCUT2D eigenvalue weighted by Crippen LogP contribution is 2.33. The zero-order chi connectivity index (χ0) is 17.1. The molecule has 2 aromatic rings. The van der Waals surface area contributed by atoms with Crippen LogP contribution in [0.3, 0.4) is 0 Å². The van der Waals surface area contributed by atoms with Crippen LogP contribution in [-0.2, 0) is 6.42 Å². The van der Waals surface area contributed by atoms with Crippen molar-refractivity contribution in [3.8, 4) is 5.75 Å². The van der Waals surface area contributed by atoms with E-state index in [1.54, 1.807) is 12.1 Å². The van der Waals surface area contributed by atoms with E-state index in [-0.39, 0.29) is 11.7 Å². The lowest BCUT2D eigenvalue weighted by molar-refractivity contribution is 0.473. The highest BCUT2D eigenvalue weighted by Gasteiger charge is 2.30. The highest BCUT2D eigenvalue weighted by atomic mass is 35.5. The fourth-order valence-corrected chi connectivity index (χ4v) is 3.48. The number of hydrogen-bond donors (Lipinski definition) is 1. The fraction of sp³-hybridized carbons (Fsp3) is 0.200. The quantitative estimate of drug-likeness (QED) is 0.756. The minimum absolute atomic E-state index is 0.0790. The predicted octanol–water partition coefficient (Wildman–Crippen LogP) is 5.28. The predicted molar refractivity (Wildman–Crippen MR) is 104 cm³/mol. The molecule has 1 heterocycles. The van der Waals surface area contributed by atoms with E-state index < -0.39 is 0 Å². The van der Waals surface area contributed by atoms with Crippen molar-refractivity contribution < 1.29 is 5.11 Å². The third-order valence-electron chi connectivity index (χ3n) is 4.21. The van der Waals surface area contributed by atoms with Crippen LogP contribution >= 0.6 is 23.8 Å². The summed E-state index contributed by atoms with van der Waals surface area (Å²) in [4.78, 5) is 5.36. The van der Waals surface area contributed by atoms with Crippen LogP contribution in [0.25, 0.3) is 0 Å². The van der Waals surface area contributed by atoms with Gasteiger partial charge in [0.15, 0.2) is 0 Å². The Morgan fingerprint density at radius 2 is 1.75 bits per heavy atom.